The average molecular weight is 216 g/mol. The Morgan fingerprint density at radius 3 is 1.67 bits per heavy atom. The van der Waals surface area contributed by atoms with Crippen LogP contribution in [0.4, 0.5) is 0 Å². The van der Waals surface area contributed by atoms with Crippen LogP contribution >= 0.6 is 31.9 Å². The summed E-state index contributed by atoms with van der Waals surface area (Å²) in [6.07, 6.45) is 1.10. The molecule has 0 nitrogen and oxygen atoms in total. The summed E-state index contributed by atoms with van der Waals surface area (Å²) in [7, 11) is 0. The van der Waals surface area contributed by atoms with Crippen molar-refractivity contribution in [1.29, 1.82) is 0 Å². The first-order valence-electron chi connectivity index (χ1n) is 1.94. The summed E-state index contributed by atoms with van der Waals surface area (Å²) < 4.78 is 0.167. The highest BCUT2D eigenvalue weighted by atomic mass is 79.9. The average Bonchev–Trinajstić information content (AvgIpc) is 1.35. The lowest BCUT2D eigenvalue weighted by Gasteiger charge is -2.07. The fourth-order valence-corrected chi connectivity index (χ4v) is 0. The van der Waals surface area contributed by atoms with Crippen molar-refractivity contribution in [3.05, 3.63) is 0 Å². The first-order chi connectivity index (χ1) is 2.56. The normalized spacial score (nSPS) is 12.0. The third-order valence-electron chi connectivity index (χ3n) is 0.621. The van der Waals surface area contributed by atoms with Gasteiger partial charge < -0.3 is 0 Å². The van der Waals surface area contributed by atoms with Crippen LogP contribution in [0.3, 0.4) is 0 Å². The zero-order valence-electron chi connectivity index (χ0n) is 3.96. The largest absolute Gasteiger partial charge is 0.0775 e. The van der Waals surface area contributed by atoms with E-state index in [9.17, 15) is 0 Å². The smallest absolute Gasteiger partial charge is 0.0731 e. The monoisotopic (exact) mass is 214 g/mol. The second-order valence-electron chi connectivity index (χ2n) is 1.42. The summed E-state index contributed by atoms with van der Waals surface area (Å²) in [4.78, 5) is 0. The van der Waals surface area contributed by atoms with E-state index in [1.165, 1.54) is 0 Å². The van der Waals surface area contributed by atoms with Gasteiger partial charge in [-0.3, -0.25) is 0 Å². The minimum absolute atomic E-state index is 0.167. The van der Waals surface area contributed by atoms with Crippen LogP contribution in [0, 0.1) is 0 Å². The lowest BCUT2D eigenvalue weighted by Crippen LogP contribution is -1.98. The molecular weight excluding hydrogens is 208 g/mol. The van der Waals surface area contributed by atoms with E-state index in [1.807, 2.05) is 0 Å². The topological polar surface area (TPSA) is 0 Å². The van der Waals surface area contributed by atoms with Crippen LogP contribution in [0.25, 0.3) is 0 Å². The van der Waals surface area contributed by atoms with Gasteiger partial charge in [-0.05, 0) is 13.3 Å². The van der Waals surface area contributed by atoms with E-state index in [0.29, 0.717) is 0 Å². The van der Waals surface area contributed by atoms with Crippen molar-refractivity contribution in [2.24, 2.45) is 0 Å². The van der Waals surface area contributed by atoms with Gasteiger partial charge in [-0.15, -0.1) is 0 Å². The standard InChI is InChI=1S/C4H8Br2/c1-3-4(2,5)6/h3H2,1-2H3. The molecule has 0 aromatic rings. The highest BCUT2D eigenvalue weighted by Gasteiger charge is 2.09. The van der Waals surface area contributed by atoms with Crippen molar-refractivity contribution in [2.45, 2.75) is 23.5 Å². The maximum absolute atomic E-state index is 3.39. The molecule has 2 heteroatoms. The van der Waals surface area contributed by atoms with Gasteiger partial charge in [0.1, 0.15) is 0 Å². The van der Waals surface area contributed by atoms with Gasteiger partial charge >= 0.3 is 0 Å². The van der Waals surface area contributed by atoms with Gasteiger partial charge in [0.25, 0.3) is 0 Å². The van der Waals surface area contributed by atoms with E-state index in [4.69, 9.17) is 0 Å². The van der Waals surface area contributed by atoms with E-state index in [1.54, 1.807) is 0 Å². The van der Waals surface area contributed by atoms with Crippen LogP contribution in [-0.4, -0.2) is 3.23 Å². The van der Waals surface area contributed by atoms with Crippen LogP contribution in [0.2, 0.25) is 0 Å². The van der Waals surface area contributed by atoms with Crippen LogP contribution in [0.15, 0.2) is 0 Å². The van der Waals surface area contributed by atoms with Crippen molar-refractivity contribution in [3.8, 4) is 0 Å². The Labute approximate surface area is 55.6 Å². The highest BCUT2D eigenvalue weighted by Crippen LogP contribution is 2.27. The molecule has 0 aliphatic heterocycles. The van der Waals surface area contributed by atoms with Gasteiger partial charge in [0, 0.05) is 0 Å². The number of alkyl halides is 2. The number of hydrogen-bond acceptors (Lipinski definition) is 0. The van der Waals surface area contributed by atoms with Crippen molar-refractivity contribution in [3.63, 3.8) is 0 Å². The van der Waals surface area contributed by atoms with Crippen LogP contribution < -0.4 is 0 Å². The SMILES string of the molecule is CCC(C)(Br)Br. The Balaban J connectivity index is 3.17. The predicted molar refractivity (Wildman–Crippen MR) is 36.6 cm³/mol. The summed E-state index contributed by atoms with van der Waals surface area (Å²) in [5.74, 6) is 0. The van der Waals surface area contributed by atoms with Gasteiger partial charge in [-0.1, -0.05) is 38.8 Å². The van der Waals surface area contributed by atoms with E-state index < -0.39 is 0 Å². The van der Waals surface area contributed by atoms with Crippen LogP contribution in [-0.2, 0) is 0 Å². The minimum Gasteiger partial charge on any atom is -0.0731 e. The summed E-state index contributed by atoms with van der Waals surface area (Å²) in [5.41, 5.74) is 0. The lowest BCUT2D eigenvalue weighted by molar-refractivity contribution is 0.878. The molecular formula is C4H8Br2. The van der Waals surface area contributed by atoms with Gasteiger partial charge in [0.05, 0.1) is 3.23 Å². The first-order valence-corrected chi connectivity index (χ1v) is 3.52. The number of halogens is 2. The molecule has 0 unspecified atom stereocenters. The van der Waals surface area contributed by atoms with Gasteiger partial charge in [0.15, 0.2) is 0 Å². The van der Waals surface area contributed by atoms with Crippen molar-refractivity contribution in [2.75, 3.05) is 0 Å². The van der Waals surface area contributed by atoms with Gasteiger partial charge in [-0.25, -0.2) is 0 Å². The maximum atomic E-state index is 3.39. The molecule has 0 aromatic carbocycles. The summed E-state index contributed by atoms with van der Waals surface area (Å²) >= 11 is 6.79. The highest BCUT2D eigenvalue weighted by molar-refractivity contribution is 9.25. The molecule has 0 heterocycles. The molecule has 0 N–H and O–H groups in total. The number of rotatable bonds is 1. The molecule has 0 rings (SSSR count). The summed E-state index contributed by atoms with van der Waals surface area (Å²) in [6.45, 7) is 4.19. The van der Waals surface area contributed by atoms with Gasteiger partial charge in [0.2, 0.25) is 0 Å². The molecule has 0 aliphatic carbocycles. The Morgan fingerprint density at radius 2 is 1.67 bits per heavy atom. The van der Waals surface area contributed by atoms with Crippen LogP contribution in [0.5, 0.6) is 0 Å². The summed E-state index contributed by atoms with van der Waals surface area (Å²) in [6, 6.07) is 0. The fraction of sp³-hybridized carbons (Fsp3) is 1.00. The molecule has 0 radical (unpaired) electrons. The molecule has 0 aromatic heterocycles. The number of hydrogen-bond donors (Lipinski definition) is 0. The maximum Gasteiger partial charge on any atom is 0.0775 e. The minimum atomic E-state index is 0.167. The van der Waals surface area contributed by atoms with Crippen molar-refractivity contribution < 1.29 is 0 Å². The molecule has 0 spiro atoms. The van der Waals surface area contributed by atoms with E-state index in [0.717, 1.165) is 6.42 Å². The Hall–Kier alpha value is 0.960. The Morgan fingerprint density at radius 1 is 1.50 bits per heavy atom. The predicted octanol–water partition coefficient (Wildman–Crippen LogP) is 2.90. The molecule has 0 fully saturated rings. The van der Waals surface area contributed by atoms with Crippen LogP contribution in [0.1, 0.15) is 20.3 Å². The van der Waals surface area contributed by atoms with E-state index in [2.05, 4.69) is 45.7 Å². The molecule has 0 saturated carbocycles. The van der Waals surface area contributed by atoms with Gasteiger partial charge in [-0.2, -0.15) is 0 Å². The van der Waals surface area contributed by atoms with Crippen molar-refractivity contribution in [1.82, 2.24) is 0 Å². The first kappa shape index (κ1) is 6.96. The Kier molecular flexibility index (Phi) is 2.68. The Bertz CT molecular complexity index is 35.3. The molecule has 0 amide bonds. The lowest BCUT2D eigenvalue weighted by atomic mass is 10.4. The third kappa shape index (κ3) is 4.96. The third-order valence-corrected chi connectivity index (χ3v) is 1.74. The second-order valence-corrected chi connectivity index (χ2v) is 5.99. The summed E-state index contributed by atoms with van der Waals surface area (Å²) in [5, 5.41) is 0. The van der Waals surface area contributed by atoms with E-state index >= 15 is 0 Å². The fourth-order valence-electron chi connectivity index (χ4n) is 0. The second kappa shape index (κ2) is 2.31. The molecule has 0 atom stereocenters. The molecule has 0 bridgehead atoms. The molecule has 6 heavy (non-hydrogen) atoms. The molecule has 38 valence electrons. The quantitative estimate of drug-likeness (QED) is 0.591. The molecule has 0 aliphatic rings. The zero-order valence-corrected chi connectivity index (χ0v) is 7.14. The molecule has 0 saturated heterocycles. The zero-order chi connectivity index (χ0) is 5.21. The van der Waals surface area contributed by atoms with E-state index in [-0.39, 0.29) is 3.23 Å². The van der Waals surface area contributed by atoms with Crippen molar-refractivity contribution >= 4 is 31.9 Å².